The van der Waals surface area contributed by atoms with Gasteiger partial charge in [-0.2, -0.15) is 0 Å². The summed E-state index contributed by atoms with van der Waals surface area (Å²) in [6, 6.07) is 9.08. The molecular formula is C16H26N2O. The second kappa shape index (κ2) is 5.93. The molecule has 0 amide bonds. The number of para-hydroxylation sites is 1. The van der Waals surface area contributed by atoms with E-state index in [0.29, 0.717) is 6.04 Å². The maximum Gasteiger partial charge on any atom is 0.0801 e. The van der Waals surface area contributed by atoms with Crippen molar-refractivity contribution in [1.29, 1.82) is 0 Å². The molecule has 1 N–H and O–H groups in total. The largest absolute Gasteiger partial charge is 0.372 e. The van der Waals surface area contributed by atoms with Crippen LogP contribution in [-0.4, -0.2) is 31.8 Å². The lowest BCUT2D eigenvalue weighted by Gasteiger charge is -2.40. The van der Waals surface area contributed by atoms with Gasteiger partial charge in [0.15, 0.2) is 0 Å². The first-order valence-electron chi connectivity index (χ1n) is 7.25. The van der Waals surface area contributed by atoms with Crippen LogP contribution in [-0.2, 0) is 4.74 Å². The second-order valence-electron chi connectivity index (χ2n) is 5.87. The molecule has 0 bridgehead atoms. The van der Waals surface area contributed by atoms with Crippen LogP contribution in [0.4, 0.5) is 5.69 Å². The lowest BCUT2D eigenvalue weighted by atomic mass is 10.0. The van der Waals surface area contributed by atoms with Gasteiger partial charge in [-0.3, -0.25) is 0 Å². The van der Waals surface area contributed by atoms with E-state index in [0.717, 1.165) is 26.2 Å². The van der Waals surface area contributed by atoms with Crippen LogP contribution in [0.3, 0.4) is 0 Å². The van der Waals surface area contributed by atoms with Gasteiger partial charge in [0.05, 0.1) is 12.2 Å². The van der Waals surface area contributed by atoms with Crippen LogP contribution in [0, 0.1) is 0 Å². The number of ether oxygens (including phenoxy) is 1. The Kier molecular flexibility index (Phi) is 4.48. The third kappa shape index (κ3) is 3.48. The Hall–Kier alpha value is -1.06. The maximum absolute atomic E-state index is 5.81. The van der Waals surface area contributed by atoms with Crippen LogP contribution in [0.2, 0.25) is 0 Å². The molecule has 0 spiro atoms. The van der Waals surface area contributed by atoms with E-state index in [9.17, 15) is 0 Å². The number of nitrogens with zero attached hydrogens (tertiary/aromatic N) is 1. The number of morpholine rings is 1. The van der Waals surface area contributed by atoms with Crippen LogP contribution in [0.1, 0.15) is 39.3 Å². The fourth-order valence-corrected chi connectivity index (χ4v) is 2.78. The molecule has 3 heteroatoms. The summed E-state index contributed by atoms with van der Waals surface area (Å²) in [6.07, 6.45) is 0. The third-order valence-corrected chi connectivity index (χ3v) is 3.68. The van der Waals surface area contributed by atoms with Crippen molar-refractivity contribution in [1.82, 2.24) is 5.32 Å². The fourth-order valence-electron chi connectivity index (χ4n) is 2.78. The van der Waals surface area contributed by atoms with Crippen LogP contribution in [0.5, 0.6) is 0 Å². The minimum absolute atomic E-state index is 0.0627. The number of hydrogen-bond donors (Lipinski definition) is 1. The van der Waals surface area contributed by atoms with E-state index in [2.05, 4.69) is 62.2 Å². The van der Waals surface area contributed by atoms with Gasteiger partial charge < -0.3 is 15.0 Å². The Bertz CT molecular complexity index is 417. The van der Waals surface area contributed by atoms with Crippen LogP contribution < -0.4 is 10.2 Å². The van der Waals surface area contributed by atoms with Gasteiger partial charge in [0.25, 0.3) is 0 Å². The van der Waals surface area contributed by atoms with E-state index < -0.39 is 0 Å². The van der Waals surface area contributed by atoms with Crippen molar-refractivity contribution < 1.29 is 4.74 Å². The molecule has 1 aliphatic rings. The summed E-state index contributed by atoms with van der Waals surface area (Å²) in [4.78, 5) is 2.45. The van der Waals surface area contributed by atoms with Crippen molar-refractivity contribution in [3.63, 3.8) is 0 Å². The first-order valence-corrected chi connectivity index (χ1v) is 7.25. The Balaban J connectivity index is 2.24. The zero-order valence-corrected chi connectivity index (χ0v) is 12.6. The first kappa shape index (κ1) is 14.4. The summed E-state index contributed by atoms with van der Waals surface area (Å²) in [5.41, 5.74) is 2.65. The highest BCUT2D eigenvalue weighted by Crippen LogP contribution is 2.29. The highest BCUT2D eigenvalue weighted by Gasteiger charge is 2.28. The average molecular weight is 262 g/mol. The van der Waals surface area contributed by atoms with Crippen molar-refractivity contribution in [3.05, 3.63) is 29.8 Å². The van der Waals surface area contributed by atoms with Gasteiger partial charge in [-0.1, -0.05) is 25.1 Å². The van der Waals surface area contributed by atoms with Gasteiger partial charge in [-0.15, -0.1) is 0 Å². The van der Waals surface area contributed by atoms with E-state index >= 15 is 0 Å². The molecule has 0 aliphatic carbocycles. The second-order valence-corrected chi connectivity index (χ2v) is 5.87. The number of benzene rings is 1. The molecule has 1 atom stereocenters. The van der Waals surface area contributed by atoms with Crippen LogP contribution in [0.15, 0.2) is 24.3 Å². The summed E-state index contributed by atoms with van der Waals surface area (Å²) < 4.78 is 5.81. The number of hydrogen-bond acceptors (Lipinski definition) is 3. The highest BCUT2D eigenvalue weighted by atomic mass is 16.5. The van der Waals surface area contributed by atoms with Gasteiger partial charge in [0.2, 0.25) is 0 Å². The van der Waals surface area contributed by atoms with E-state index in [1.807, 2.05) is 0 Å². The molecule has 1 aliphatic heterocycles. The summed E-state index contributed by atoms with van der Waals surface area (Å²) in [6.45, 7) is 12.4. The predicted octanol–water partition coefficient (Wildman–Crippen LogP) is 2.97. The zero-order chi connectivity index (χ0) is 13.9. The standard InChI is InChI=1S/C16H26N2O/c1-5-17-13(2)14-8-6-7-9-15(14)18-10-11-19-16(3,4)12-18/h6-9,13,17H,5,10-12H2,1-4H3. The molecule has 19 heavy (non-hydrogen) atoms. The minimum atomic E-state index is -0.0627. The fraction of sp³-hybridized carbons (Fsp3) is 0.625. The van der Waals surface area contributed by atoms with Gasteiger partial charge in [0.1, 0.15) is 0 Å². The lowest BCUT2D eigenvalue weighted by Crippen LogP contribution is -2.48. The molecule has 0 radical (unpaired) electrons. The quantitative estimate of drug-likeness (QED) is 0.903. The Labute approximate surface area is 116 Å². The Morgan fingerprint density at radius 2 is 2.11 bits per heavy atom. The molecule has 1 fully saturated rings. The normalized spacial score (nSPS) is 20.3. The molecule has 3 nitrogen and oxygen atoms in total. The van der Waals surface area contributed by atoms with Gasteiger partial charge in [0, 0.05) is 24.8 Å². The van der Waals surface area contributed by atoms with E-state index in [-0.39, 0.29) is 5.60 Å². The van der Waals surface area contributed by atoms with Crippen molar-refractivity contribution in [2.24, 2.45) is 0 Å². The van der Waals surface area contributed by atoms with E-state index in [4.69, 9.17) is 4.74 Å². The molecule has 106 valence electrons. The van der Waals surface area contributed by atoms with Crippen molar-refractivity contribution in [3.8, 4) is 0 Å². The SMILES string of the molecule is CCNC(C)c1ccccc1N1CCOC(C)(C)C1. The summed E-state index contributed by atoms with van der Waals surface area (Å²) >= 11 is 0. The van der Waals surface area contributed by atoms with Gasteiger partial charge in [-0.25, -0.2) is 0 Å². The van der Waals surface area contributed by atoms with Crippen LogP contribution in [0.25, 0.3) is 0 Å². The third-order valence-electron chi connectivity index (χ3n) is 3.68. The Morgan fingerprint density at radius 1 is 1.37 bits per heavy atom. The Morgan fingerprint density at radius 3 is 2.79 bits per heavy atom. The zero-order valence-electron chi connectivity index (χ0n) is 12.6. The molecule has 0 aromatic heterocycles. The van der Waals surface area contributed by atoms with Crippen molar-refractivity contribution in [2.75, 3.05) is 31.1 Å². The van der Waals surface area contributed by atoms with Crippen LogP contribution >= 0.6 is 0 Å². The molecule has 1 saturated heterocycles. The molecule has 1 heterocycles. The summed E-state index contributed by atoms with van der Waals surface area (Å²) in [5.74, 6) is 0. The maximum atomic E-state index is 5.81. The van der Waals surface area contributed by atoms with Gasteiger partial charge >= 0.3 is 0 Å². The first-order chi connectivity index (χ1) is 9.03. The number of anilines is 1. The van der Waals surface area contributed by atoms with Crippen molar-refractivity contribution in [2.45, 2.75) is 39.3 Å². The molecule has 1 aromatic carbocycles. The predicted molar refractivity (Wildman–Crippen MR) is 80.8 cm³/mol. The van der Waals surface area contributed by atoms with E-state index in [1.54, 1.807) is 0 Å². The highest BCUT2D eigenvalue weighted by molar-refractivity contribution is 5.55. The minimum Gasteiger partial charge on any atom is -0.372 e. The van der Waals surface area contributed by atoms with Gasteiger partial charge in [-0.05, 0) is 38.9 Å². The number of nitrogens with one attached hydrogen (secondary N) is 1. The summed E-state index contributed by atoms with van der Waals surface area (Å²) in [5, 5.41) is 3.50. The average Bonchev–Trinajstić information content (AvgIpc) is 2.38. The molecule has 1 aromatic rings. The topological polar surface area (TPSA) is 24.5 Å². The molecular weight excluding hydrogens is 236 g/mol. The summed E-state index contributed by atoms with van der Waals surface area (Å²) in [7, 11) is 0. The smallest absolute Gasteiger partial charge is 0.0801 e. The number of rotatable bonds is 4. The van der Waals surface area contributed by atoms with Crippen molar-refractivity contribution >= 4 is 5.69 Å². The molecule has 0 saturated carbocycles. The molecule has 2 rings (SSSR count). The van der Waals surface area contributed by atoms with E-state index in [1.165, 1.54) is 11.3 Å². The monoisotopic (exact) mass is 262 g/mol. The molecule has 1 unspecified atom stereocenters. The lowest BCUT2D eigenvalue weighted by molar-refractivity contribution is -0.0277.